The molecule has 2 atom stereocenters. The van der Waals surface area contributed by atoms with Gasteiger partial charge in [-0.1, -0.05) is 13.8 Å². The molecule has 0 aliphatic heterocycles. The molecule has 0 spiro atoms. The lowest BCUT2D eigenvalue weighted by Crippen LogP contribution is -2.31. The first-order valence-corrected chi connectivity index (χ1v) is 5.90. The molecule has 4 heteroatoms. The zero-order valence-corrected chi connectivity index (χ0v) is 10.9. The Kier molecular flexibility index (Phi) is 4.48. The van der Waals surface area contributed by atoms with Crippen molar-refractivity contribution in [2.24, 2.45) is 11.7 Å². The first-order valence-electron chi connectivity index (χ1n) is 4.82. The summed E-state index contributed by atoms with van der Waals surface area (Å²) < 4.78 is 14.4. The van der Waals surface area contributed by atoms with Crippen molar-refractivity contribution in [3.8, 4) is 0 Å². The van der Waals surface area contributed by atoms with Gasteiger partial charge in [0.1, 0.15) is 5.82 Å². The van der Waals surface area contributed by atoms with Gasteiger partial charge in [-0.3, -0.25) is 0 Å². The molecule has 0 radical (unpaired) electrons. The third kappa shape index (κ3) is 3.12. The van der Waals surface area contributed by atoms with E-state index in [1.807, 2.05) is 13.8 Å². The molecule has 0 amide bonds. The van der Waals surface area contributed by atoms with Crippen LogP contribution in [-0.4, -0.2) is 11.2 Å². The van der Waals surface area contributed by atoms with E-state index in [-0.39, 0.29) is 11.7 Å². The third-order valence-electron chi connectivity index (χ3n) is 2.37. The molecule has 0 aliphatic rings. The van der Waals surface area contributed by atoms with E-state index in [0.29, 0.717) is 5.56 Å². The number of halogens is 2. The predicted octanol–water partition coefficient (Wildman–Crippen LogP) is 2.45. The van der Waals surface area contributed by atoms with Crippen molar-refractivity contribution in [2.45, 2.75) is 26.0 Å². The Morgan fingerprint density at radius 2 is 2.00 bits per heavy atom. The van der Waals surface area contributed by atoms with E-state index < -0.39 is 12.1 Å². The van der Waals surface area contributed by atoms with E-state index in [1.165, 1.54) is 6.07 Å². The fourth-order valence-corrected chi connectivity index (χ4v) is 1.88. The van der Waals surface area contributed by atoms with E-state index in [9.17, 15) is 9.50 Å². The number of benzene rings is 1. The number of hydrogen-bond acceptors (Lipinski definition) is 2. The van der Waals surface area contributed by atoms with Crippen LogP contribution in [0, 0.1) is 15.3 Å². The van der Waals surface area contributed by atoms with Gasteiger partial charge in [0.15, 0.2) is 0 Å². The molecule has 0 heterocycles. The molecule has 84 valence electrons. The van der Waals surface area contributed by atoms with Crippen LogP contribution < -0.4 is 5.73 Å². The largest absolute Gasteiger partial charge is 0.391 e. The summed E-state index contributed by atoms with van der Waals surface area (Å²) in [6.07, 6.45) is -0.724. The van der Waals surface area contributed by atoms with Gasteiger partial charge < -0.3 is 10.8 Å². The standard InChI is InChI=1S/C11H15FINO/c1-6(2)11(15)10(14)8-5-7(13)3-4-9(8)12/h3-6,10-11,15H,14H2,1-2H3/t10-,11+/m0/s1. The quantitative estimate of drug-likeness (QED) is 0.840. The average Bonchev–Trinajstić information content (AvgIpc) is 2.19. The van der Waals surface area contributed by atoms with Crippen molar-refractivity contribution in [1.82, 2.24) is 0 Å². The number of hydrogen-bond donors (Lipinski definition) is 2. The Hall–Kier alpha value is -0.200. The third-order valence-corrected chi connectivity index (χ3v) is 3.04. The minimum absolute atomic E-state index is 0.0114. The highest BCUT2D eigenvalue weighted by atomic mass is 127. The summed E-state index contributed by atoms with van der Waals surface area (Å²) in [5.74, 6) is -0.347. The van der Waals surface area contributed by atoms with Crippen LogP contribution in [0.15, 0.2) is 18.2 Å². The van der Waals surface area contributed by atoms with Crippen LogP contribution in [-0.2, 0) is 0 Å². The minimum atomic E-state index is -0.724. The van der Waals surface area contributed by atoms with Gasteiger partial charge in [0, 0.05) is 9.13 Å². The minimum Gasteiger partial charge on any atom is -0.391 e. The monoisotopic (exact) mass is 323 g/mol. The Labute approximate surface area is 103 Å². The van der Waals surface area contributed by atoms with E-state index in [2.05, 4.69) is 22.6 Å². The van der Waals surface area contributed by atoms with Gasteiger partial charge in [-0.2, -0.15) is 0 Å². The second-order valence-electron chi connectivity index (χ2n) is 3.93. The predicted molar refractivity (Wildman–Crippen MR) is 66.9 cm³/mol. The number of nitrogens with two attached hydrogens (primary N) is 1. The van der Waals surface area contributed by atoms with Gasteiger partial charge in [0.2, 0.25) is 0 Å². The van der Waals surface area contributed by atoms with Crippen LogP contribution in [0.25, 0.3) is 0 Å². The average molecular weight is 323 g/mol. The van der Waals surface area contributed by atoms with Crippen molar-refractivity contribution < 1.29 is 9.50 Å². The Morgan fingerprint density at radius 3 is 2.53 bits per heavy atom. The second kappa shape index (κ2) is 5.23. The molecule has 1 aromatic carbocycles. The van der Waals surface area contributed by atoms with Crippen molar-refractivity contribution in [2.75, 3.05) is 0 Å². The zero-order valence-electron chi connectivity index (χ0n) is 8.74. The van der Waals surface area contributed by atoms with Gasteiger partial charge >= 0.3 is 0 Å². The molecule has 2 nitrogen and oxygen atoms in total. The SMILES string of the molecule is CC(C)[C@@H](O)[C@@H](N)c1cc(I)ccc1F. The smallest absolute Gasteiger partial charge is 0.128 e. The first-order chi connectivity index (χ1) is 6.93. The molecule has 0 aromatic heterocycles. The highest BCUT2D eigenvalue weighted by Gasteiger charge is 2.22. The normalized spacial score (nSPS) is 15.4. The fraction of sp³-hybridized carbons (Fsp3) is 0.455. The lowest BCUT2D eigenvalue weighted by Gasteiger charge is -2.22. The van der Waals surface area contributed by atoms with Crippen LogP contribution in [0.3, 0.4) is 0 Å². The maximum atomic E-state index is 13.4. The van der Waals surface area contributed by atoms with E-state index in [1.54, 1.807) is 12.1 Å². The zero-order chi connectivity index (χ0) is 11.6. The van der Waals surface area contributed by atoms with Crippen LogP contribution >= 0.6 is 22.6 Å². The van der Waals surface area contributed by atoms with Crippen molar-refractivity contribution in [3.05, 3.63) is 33.1 Å². The maximum Gasteiger partial charge on any atom is 0.128 e. The van der Waals surface area contributed by atoms with Crippen LogP contribution in [0.2, 0.25) is 0 Å². The van der Waals surface area contributed by atoms with E-state index in [4.69, 9.17) is 5.73 Å². The fourth-order valence-electron chi connectivity index (χ4n) is 1.37. The summed E-state index contributed by atoms with van der Waals surface area (Å²) in [7, 11) is 0. The van der Waals surface area contributed by atoms with E-state index >= 15 is 0 Å². The second-order valence-corrected chi connectivity index (χ2v) is 5.17. The topological polar surface area (TPSA) is 46.2 Å². The Bertz CT molecular complexity index is 343. The van der Waals surface area contributed by atoms with Gasteiger partial charge in [0.05, 0.1) is 12.1 Å². The molecular formula is C11H15FINO. The van der Waals surface area contributed by atoms with Crippen molar-refractivity contribution in [3.63, 3.8) is 0 Å². The highest BCUT2D eigenvalue weighted by molar-refractivity contribution is 14.1. The number of aliphatic hydroxyl groups excluding tert-OH is 1. The lowest BCUT2D eigenvalue weighted by molar-refractivity contribution is 0.0966. The van der Waals surface area contributed by atoms with Crippen molar-refractivity contribution in [1.29, 1.82) is 0 Å². The molecule has 1 rings (SSSR count). The summed E-state index contributed by atoms with van der Waals surface area (Å²) in [5.41, 5.74) is 6.19. The number of aliphatic hydroxyl groups is 1. The van der Waals surface area contributed by atoms with Gasteiger partial charge in [-0.25, -0.2) is 4.39 Å². The van der Waals surface area contributed by atoms with Gasteiger partial charge in [0.25, 0.3) is 0 Å². The molecule has 0 fully saturated rings. The van der Waals surface area contributed by atoms with Crippen LogP contribution in [0.1, 0.15) is 25.5 Å². The molecular weight excluding hydrogens is 308 g/mol. The van der Waals surface area contributed by atoms with Gasteiger partial charge in [-0.05, 0) is 46.7 Å². The molecule has 3 N–H and O–H groups in total. The van der Waals surface area contributed by atoms with Crippen LogP contribution in [0.5, 0.6) is 0 Å². The van der Waals surface area contributed by atoms with Crippen molar-refractivity contribution >= 4 is 22.6 Å². The van der Waals surface area contributed by atoms with E-state index in [0.717, 1.165) is 3.57 Å². The summed E-state index contributed by atoms with van der Waals surface area (Å²) in [6.45, 7) is 3.71. The number of rotatable bonds is 3. The molecule has 1 aromatic rings. The first kappa shape index (κ1) is 12.9. The molecule has 0 unspecified atom stereocenters. The molecule has 0 aliphatic carbocycles. The summed E-state index contributed by atoms with van der Waals surface area (Å²) in [4.78, 5) is 0. The lowest BCUT2D eigenvalue weighted by atomic mass is 9.94. The molecule has 0 saturated heterocycles. The molecule has 15 heavy (non-hydrogen) atoms. The molecule has 0 saturated carbocycles. The Balaban J connectivity index is 2.99. The molecule has 0 bridgehead atoms. The Morgan fingerprint density at radius 1 is 1.40 bits per heavy atom. The summed E-state index contributed by atoms with van der Waals surface area (Å²) >= 11 is 2.09. The summed E-state index contributed by atoms with van der Waals surface area (Å²) in [6, 6.07) is 4.06. The maximum absolute atomic E-state index is 13.4. The van der Waals surface area contributed by atoms with Crippen LogP contribution in [0.4, 0.5) is 4.39 Å². The summed E-state index contributed by atoms with van der Waals surface area (Å²) in [5, 5.41) is 9.77. The highest BCUT2D eigenvalue weighted by Crippen LogP contribution is 2.23. The van der Waals surface area contributed by atoms with Gasteiger partial charge in [-0.15, -0.1) is 0 Å².